The number of rotatable bonds is 3. The fourth-order valence-corrected chi connectivity index (χ4v) is 4.47. The van der Waals surface area contributed by atoms with E-state index in [0.717, 1.165) is 32.2 Å². The van der Waals surface area contributed by atoms with E-state index in [-0.39, 0.29) is 35.8 Å². The van der Waals surface area contributed by atoms with E-state index in [2.05, 4.69) is 31.1 Å². The number of benzene rings is 1. The number of anilines is 1. The van der Waals surface area contributed by atoms with Crippen LogP contribution < -0.4 is 10.1 Å². The number of fused-ring (bicyclic) bond motifs is 1. The second-order valence-electron chi connectivity index (χ2n) is 9.22. The average molecular weight is 432 g/mol. The van der Waals surface area contributed by atoms with Gasteiger partial charge in [0, 0.05) is 44.9 Å². The van der Waals surface area contributed by atoms with Gasteiger partial charge in [-0.1, -0.05) is 19.8 Å². The molecule has 0 radical (unpaired) electrons. The van der Waals surface area contributed by atoms with Gasteiger partial charge in [-0.25, -0.2) is 0 Å². The van der Waals surface area contributed by atoms with E-state index in [0.29, 0.717) is 30.2 Å². The van der Waals surface area contributed by atoms with Gasteiger partial charge in [-0.15, -0.1) is 0 Å². The minimum atomic E-state index is -0.136. The van der Waals surface area contributed by atoms with E-state index in [1.54, 1.807) is 31.2 Å². The van der Waals surface area contributed by atoms with Crippen LogP contribution in [-0.2, 0) is 9.53 Å². The van der Waals surface area contributed by atoms with Crippen LogP contribution in [0.4, 0.5) is 5.69 Å². The number of hydrogen-bond acceptors (Lipinski definition) is 5. The number of carbonyl (C=O) groups is 2. The zero-order chi connectivity index (χ0) is 22.5. The van der Waals surface area contributed by atoms with Gasteiger partial charge in [-0.2, -0.15) is 0 Å². The van der Waals surface area contributed by atoms with Crippen molar-refractivity contribution in [3.05, 3.63) is 23.8 Å². The molecule has 7 nitrogen and oxygen atoms in total. The lowest BCUT2D eigenvalue weighted by molar-refractivity contribution is -0.119. The largest absolute Gasteiger partial charge is 0.491 e. The highest BCUT2D eigenvalue weighted by molar-refractivity contribution is 5.99. The molecule has 1 fully saturated rings. The van der Waals surface area contributed by atoms with E-state index in [1.807, 2.05) is 6.07 Å². The summed E-state index contributed by atoms with van der Waals surface area (Å²) in [4.78, 5) is 29.8. The van der Waals surface area contributed by atoms with E-state index in [9.17, 15) is 9.59 Å². The molecule has 1 N–H and O–H groups in total. The zero-order valence-corrected chi connectivity index (χ0v) is 19.5. The molecule has 2 aliphatic rings. The summed E-state index contributed by atoms with van der Waals surface area (Å²) in [5.41, 5.74) is 1.10. The number of nitrogens with zero attached hydrogens (tertiary/aromatic N) is 2. The Hall–Kier alpha value is -2.12. The predicted molar refractivity (Wildman–Crippen MR) is 122 cm³/mol. The normalized spacial score (nSPS) is 26.5. The summed E-state index contributed by atoms with van der Waals surface area (Å²) in [6, 6.07) is 5.54. The van der Waals surface area contributed by atoms with Crippen LogP contribution in [0.1, 0.15) is 49.9 Å². The van der Waals surface area contributed by atoms with Crippen molar-refractivity contribution in [2.75, 3.05) is 46.2 Å². The third-order valence-corrected chi connectivity index (χ3v) is 6.75. The Labute approximate surface area is 186 Å². The van der Waals surface area contributed by atoms with Crippen LogP contribution in [0.5, 0.6) is 5.75 Å². The number of ether oxygens (including phenoxy) is 2. The highest BCUT2D eigenvalue weighted by Gasteiger charge is 2.28. The Kier molecular flexibility index (Phi) is 7.94. The maximum atomic E-state index is 13.3. The first-order valence-corrected chi connectivity index (χ1v) is 11.4. The smallest absolute Gasteiger partial charge is 0.257 e. The van der Waals surface area contributed by atoms with Crippen molar-refractivity contribution in [3.8, 4) is 5.75 Å². The van der Waals surface area contributed by atoms with Crippen LogP contribution in [0.15, 0.2) is 18.2 Å². The first kappa shape index (κ1) is 23.5. The Morgan fingerprint density at radius 3 is 2.55 bits per heavy atom. The maximum absolute atomic E-state index is 13.3. The van der Waals surface area contributed by atoms with E-state index >= 15 is 0 Å². The van der Waals surface area contributed by atoms with Crippen molar-refractivity contribution in [2.45, 2.75) is 51.7 Å². The van der Waals surface area contributed by atoms with Crippen LogP contribution in [0.2, 0.25) is 0 Å². The van der Waals surface area contributed by atoms with E-state index in [4.69, 9.17) is 9.47 Å². The lowest BCUT2D eigenvalue weighted by atomic mass is 10.0. The lowest BCUT2D eigenvalue weighted by Crippen LogP contribution is -2.45. The van der Waals surface area contributed by atoms with Crippen molar-refractivity contribution < 1.29 is 19.1 Å². The number of likely N-dealkylation sites (N-methyl/N-ethyl adjacent to an activating group) is 2. The SMILES string of the molecule is CO[C@@H]1CN(C)C(=O)c2cc(NC(=O)C3CCCC3)ccc2OC[C@H](C)N(C)C[C@H]1C. The average Bonchev–Trinajstić information content (AvgIpc) is 3.29. The van der Waals surface area contributed by atoms with Gasteiger partial charge in [0.1, 0.15) is 12.4 Å². The molecule has 1 saturated carbocycles. The van der Waals surface area contributed by atoms with Crippen molar-refractivity contribution in [2.24, 2.45) is 11.8 Å². The van der Waals surface area contributed by atoms with Gasteiger partial charge in [-0.05, 0) is 50.9 Å². The molecule has 1 aromatic rings. The highest BCUT2D eigenvalue weighted by Crippen LogP contribution is 2.29. The summed E-state index contributed by atoms with van der Waals surface area (Å²) < 4.78 is 11.8. The predicted octanol–water partition coefficient (Wildman–Crippen LogP) is 3.25. The molecule has 31 heavy (non-hydrogen) atoms. The first-order valence-electron chi connectivity index (χ1n) is 11.4. The molecule has 1 heterocycles. The minimum Gasteiger partial charge on any atom is -0.491 e. The summed E-state index contributed by atoms with van der Waals surface area (Å²) >= 11 is 0. The van der Waals surface area contributed by atoms with Crippen LogP contribution >= 0.6 is 0 Å². The molecule has 2 amide bonds. The molecule has 1 aromatic carbocycles. The summed E-state index contributed by atoms with van der Waals surface area (Å²) in [7, 11) is 5.57. The fraction of sp³-hybridized carbons (Fsp3) is 0.667. The molecule has 0 spiro atoms. The molecule has 0 bridgehead atoms. The van der Waals surface area contributed by atoms with Crippen molar-refractivity contribution in [1.29, 1.82) is 0 Å². The zero-order valence-electron chi connectivity index (χ0n) is 19.5. The molecule has 0 unspecified atom stereocenters. The molecule has 3 atom stereocenters. The van der Waals surface area contributed by atoms with Crippen molar-refractivity contribution in [1.82, 2.24) is 9.80 Å². The number of methoxy groups -OCH3 is 1. The van der Waals surface area contributed by atoms with E-state index < -0.39 is 0 Å². The van der Waals surface area contributed by atoms with Gasteiger partial charge in [0.25, 0.3) is 5.91 Å². The van der Waals surface area contributed by atoms with Gasteiger partial charge in [0.2, 0.25) is 5.91 Å². The van der Waals surface area contributed by atoms with E-state index in [1.165, 1.54) is 0 Å². The van der Waals surface area contributed by atoms with Crippen LogP contribution in [0, 0.1) is 11.8 Å². The summed E-state index contributed by atoms with van der Waals surface area (Å²) in [6.45, 7) is 6.07. The number of carbonyl (C=O) groups excluding carboxylic acids is 2. The van der Waals surface area contributed by atoms with Crippen LogP contribution in [-0.4, -0.2) is 74.7 Å². The van der Waals surface area contributed by atoms with Gasteiger partial charge < -0.3 is 19.7 Å². The molecule has 172 valence electrons. The van der Waals surface area contributed by atoms with Gasteiger partial charge in [0.15, 0.2) is 0 Å². The van der Waals surface area contributed by atoms with Crippen molar-refractivity contribution >= 4 is 17.5 Å². The quantitative estimate of drug-likeness (QED) is 0.796. The minimum absolute atomic E-state index is 0.0378. The summed E-state index contributed by atoms with van der Waals surface area (Å²) in [5.74, 6) is 0.761. The Bertz CT molecular complexity index is 778. The van der Waals surface area contributed by atoms with Crippen LogP contribution in [0.25, 0.3) is 0 Å². The second kappa shape index (κ2) is 10.5. The summed E-state index contributed by atoms with van der Waals surface area (Å²) in [6.07, 6.45) is 4.00. The standard InChI is InChI=1S/C24H37N3O4/c1-16-13-26(3)17(2)15-31-21-11-10-19(25-23(28)18-8-6-7-9-18)12-20(21)24(29)27(4)14-22(16)30-5/h10-12,16-18,22H,6-9,13-15H2,1-5H3,(H,25,28)/t16-,17+,22-/m1/s1. The molecule has 0 aromatic heterocycles. The van der Waals surface area contributed by atoms with Crippen LogP contribution in [0.3, 0.4) is 0 Å². The number of hydrogen-bond donors (Lipinski definition) is 1. The monoisotopic (exact) mass is 431 g/mol. The Morgan fingerprint density at radius 2 is 1.87 bits per heavy atom. The second-order valence-corrected chi connectivity index (χ2v) is 9.22. The number of nitrogens with one attached hydrogen (secondary N) is 1. The molecule has 1 aliphatic carbocycles. The molecule has 1 aliphatic heterocycles. The van der Waals surface area contributed by atoms with Crippen molar-refractivity contribution in [3.63, 3.8) is 0 Å². The third-order valence-electron chi connectivity index (χ3n) is 6.75. The molecule has 3 rings (SSSR count). The molecule has 7 heteroatoms. The molecular formula is C24H37N3O4. The fourth-order valence-electron chi connectivity index (χ4n) is 4.47. The maximum Gasteiger partial charge on any atom is 0.257 e. The Morgan fingerprint density at radius 1 is 1.16 bits per heavy atom. The Balaban J connectivity index is 1.87. The third kappa shape index (κ3) is 5.77. The topological polar surface area (TPSA) is 71.1 Å². The number of amides is 2. The lowest BCUT2D eigenvalue weighted by Gasteiger charge is -2.34. The van der Waals surface area contributed by atoms with Gasteiger partial charge in [-0.3, -0.25) is 14.5 Å². The van der Waals surface area contributed by atoms with Gasteiger partial charge in [0.05, 0.1) is 11.7 Å². The molecule has 0 saturated heterocycles. The van der Waals surface area contributed by atoms with Gasteiger partial charge >= 0.3 is 0 Å². The highest BCUT2D eigenvalue weighted by atomic mass is 16.5. The summed E-state index contributed by atoms with van der Waals surface area (Å²) in [5, 5.41) is 3.00. The molecular weight excluding hydrogens is 394 g/mol. The first-order chi connectivity index (χ1) is 14.8.